The van der Waals surface area contributed by atoms with Gasteiger partial charge in [0.2, 0.25) is 0 Å². The molecule has 2 heterocycles. The number of urea groups is 1. The maximum absolute atomic E-state index is 13.4. The molecule has 2 aliphatic heterocycles. The molecule has 1 atom stereocenters. The number of piperidine rings is 1. The average Bonchev–Trinajstić information content (AvgIpc) is 2.88. The SMILES string of the molecule is C[C@H]1CN(Cc2ccc(N(C)C(=O)N3CCC(Oc4cccc(F)c4)CC3)cc2)CCN1C(=O)OC(C)(C)C. The summed E-state index contributed by atoms with van der Waals surface area (Å²) in [7, 11) is 1.80. The smallest absolute Gasteiger partial charge is 0.410 e. The second kappa shape index (κ2) is 12.2. The molecular formula is C30H41FN4O4. The van der Waals surface area contributed by atoms with Gasteiger partial charge in [0.05, 0.1) is 0 Å². The van der Waals surface area contributed by atoms with Crippen LogP contribution < -0.4 is 9.64 Å². The molecule has 212 valence electrons. The monoisotopic (exact) mass is 540 g/mol. The van der Waals surface area contributed by atoms with E-state index in [-0.39, 0.29) is 30.1 Å². The summed E-state index contributed by atoms with van der Waals surface area (Å²) in [6.07, 6.45) is 1.12. The van der Waals surface area contributed by atoms with Gasteiger partial charge < -0.3 is 19.3 Å². The quantitative estimate of drug-likeness (QED) is 0.511. The molecular weight excluding hydrogens is 499 g/mol. The minimum absolute atomic E-state index is 0.0332. The van der Waals surface area contributed by atoms with Gasteiger partial charge in [-0.1, -0.05) is 18.2 Å². The predicted molar refractivity (Wildman–Crippen MR) is 150 cm³/mol. The van der Waals surface area contributed by atoms with Gasteiger partial charge >= 0.3 is 12.1 Å². The summed E-state index contributed by atoms with van der Waals surface area (Å²) in [6.45, 7) is 11.9. The van der Waals surface area contributed by atoms with Crippen molar-refractivity contribution in [2.24, 2.45) is 0 Å². The van der Waals surface area contributed by atoms with Crippen molar-refractivity contribution in [2.75, 3.05) is 44.7 Å². The molecule has 0 bridgehead atoms. The number of hydrogen-bond donors (Lipinski definition) is 0. The van der Waals surface area contributed by atoms with Crippen molar-refractivity contribution in [3.05, 3.63) is 59.9 Å². The third kappa shape index (κ3) is 7.85. The number of hydrogen-bond acceptors (Lipinski definition) is 5. The molecule has 8 nitrogen and oxygen atoms in total. The van der Waals surface area contributed by atoms with Crippen molar-refractivity contribution in [3.63, 3.8) is 0 Å². The van der Waals surface area contributed by atoms with Crippen LogP contribution in [-0.2, 0) is 11.3 Å². The summed E-state index contributed by atoms with van der Waals surface area (Å²) in [5.74, 6) is 0.208. The molecule has 2 saturated heterocycles. The number of benzene rings is 2. The molecule has 3 amide bonds. The van der Waals surface area contributed by atoms with Gasteiger partial charge in [-0.3, -0.25) is 9.80 Å². The molecule has 0 saturated carbocycles. The predicted octanol–water partition coefficient (Wildman–Crippen LogP) is 5.37. The highest BCUT2D eigenvalue weighted by Crippen LogP contribution is 2.23. The Morgan fingerprint density at radius 1 is 1.03 bits per heavy atom. The van der Waals surface area contributed by atoms with Gasteiger partial charge in [0.15, 0.2) is 0 Å². The Kier molecular flexibility index (Phi) is 9.00. The number of halogens is 1. The molecule has 2 aliphatic rings. The molecule has 0 radical (unpaired) electrons. The lowest BCUT2D eigenvalue weighted by atomic mass is 10.1. The summed E-state index contributed by atoms with van der Waals surface area (Å²) in [4.78, 5) is 33.3. The number of amides is 3. The lowest BCUT2D eigenvalue weighted by molar-refractivity contribution is 0.000553. The van der Waals surface area contributed by atoms with E-state index in [4.69, 9.17) is 9.47 Å². The fourth-order valence-electron chi connectivity index (χ4n) is 5.07. The lowest BCUT2D eigenvalue weighted by Gasteiger charge is -2.40. The Labute approximate surface area is 231 Å². The second-order valence-electron chi connectivity index (χ2n) is 11.5. The third-order valence-electron chi connectivity index (χ3n) is 7.17. The Bertz CT molecular complexity index is 1130. The van der Waals surface area contributed by atoms with Crippen LogP contribution in [-0.4, -0.2) is 84.3 Å². The van der Waals surface area contributed by atoms with Gasteiger partial charge in [0.25, 0.3) is 0 Å². The molecule has 2 aromatic rings. The van der Waals surface area contributed by atoms with Gasteiger partial charge in [-0.15, -0.1) is 0 Å². The average molecular weight is 541 g/mol. The van der Waals surface area contributed by atoms with Crippen molar-refractivity contribution in [1.82, 2.24) is 14.7 Å². The van der Waals surface area contributed by atoms with Gasteiger partial charge in [-0.25, -0.2) is 14.0 Å². The fourth-order valence-corrected chi connectivity index (χ4v) is 5.07. The van der Waals surface area contributed by atoms with Crippen molar-refractivity contribution < 1.29 is 23.5 Å². The minimum atomic E-state index is -0.501. The van der Waals surface area contributed by atoms with Crippen LogP contribution >= 0.6 is 0 Å². The van der Waals surface area contributed by atoms with Crippen LogP contribution in [0.3, 0.4) is 0 Å². The van der Waals surface area contributed by atoms with Crippen LogP contribution in [0.15, 0.2) is 48.5 Å². The zero-order chi connectivity index (χ0) is 28.2. The van der Waals surface area contributed by atoms with Gasteiger partial charge in [-0.05, 0) is 57.5 Å². The standard InChI is InChI=1S/C30H41FN4O4/c1-22-20-33(17-18-35(22)29(37)39-30(2,3)4)21-23-9-11-25(12-10-23)32(5)28(36)34-15-13-26(14-16-34)38-27-8-6-7-24(31)19-27/h6-12,19,22,26H,13-18,20-21H2,1-5H3/t22-/m0/s1. The van der Waals surface area contributed by atoms with Crippen LogP contribution in [0, 0.1) is 5.82 Å². The maximum atomic E-state index is 13.4. The van der Waals surface area contributed by atoms with Crippen molar-refractivity contribution in [2.45, 2.75) is 64.8 Å². The van der Waals surface area contributed by atoms with Gasteiger partial charge in [0.1, 0.15) is 23.3 Å². The van der Waals surface area contributed by atoms with Gasteiger partial charge in [-0.2, -0.15) is 0 Å². The molecule has 2 aromatic carbocycles. The first-order valence-corrected chi connectivity index (χ1v) is 13.7. The van der Waals surface area contributed by atoms with E-state index in [9.17, 15) is 14.0 Å². The van der Waals surface area contributed by atoms with E-state index in [0.717, 1.165) is 30.9 Å². The first kappa shape index (κ1) is 28.7. The van der Waals surface area contributed by atoms with Crippen LogP contribution in [0.25, 0.3) is 0 Å². The second-order valence-corrected chi connectivity index (χ2v) is 11.5. The van der Waals surface area contributed by atoms with Crippen LogP contribution in [0.2, 0.25) is 0 Å². The molecule has 0 spiro atoms. The summed E-state index contributed by atoms with van der Waals surface area (Å²) in [6, 6.07) is 14.3. The van der Waals surface area contributed by atoms with Gasteiger partial charge in [0, 0.05) is 77.0 Å². The minimum Gasteiger partial charge on any atom is -0.490 e. The summed E-state index contributed by atoms with van der Waals surface area (Å²) < 4.78 is 24.9. The third-order valence-corrected chi connectivity index (χ3v) is 7.17. The molecule has 0 unspecified atom stereocenters. The van der Waals surface area contributed by atoms with Crippen LogP contribution in [0.1, 0.15) is 46.1 Å². The highest BCUT2D eigenvalue weighted by Gasteiger charge is 2.31. The number of likely N-dealkylation sites (tertiary alicyclic amines) is 1. The fraction of sp³-hybridized carbons (Fsp3) is 0.533. The first-order valence-electron chi connectivity index (χ1n) is 13.7. The zero-order valence-electron chi connectivity index (χ0n) is 23.7. The number of ether oxygens (including phenoxy) is 2. The molecule has 9 heteroatoms. The zero-order valence-corrected chi connectivity index (χ0v) is 23.7. The number of carbonyl (C=O) groups is 2. The van der Waals surface area contributed by atoms with E-state index >= 15 is 0 Å². The molecule has 0 N–H and O–H groups in total. The Hall–Kier alpha value is -3.33. The summed E-state index contributed by atoms with van der Waals surface area (Å²) in [5, 5.41) is 0. The molecule has 0 aromatic heterocycles. The summed E-state index contributed by atoms with van der Waals surface area (Å²) in [5.41, 5.74) is 1.50. The lowest BCUT2D eigenvalue weighted by Crippen LogP contribution is -2.54. The maximum Gasteiger partial charge on any atom is 0.410 e. The normalized spacial score (nSPS) is 19.1. The number of anilines is 1. The number of nitrogens with zero attached hydrogens (tertiary/aromatic N) is 4. The van der Waals surface area contributed by atoms with E-state index < -0.39 is 5.60 Å². The molecule has 4 rings (SSSR count). The van der Waals surface area contributed by atoms with E-state index in [2.05, 4.69) is 24.0 Å². The van der Waals surface area contributed by atoms with Crippen molar-refractivity contribution >= 4 is 17.8 Å². The molecule has 0 aliphatic carbocycles. The topological polar surface area (TPSA) is 65.6 Å². The molecule has 39 heavy (non-hydrogen) atoms. The van der Waals surface area contributed by atoms with Crippen molar-refractivity contribution in [3.8, 4) is 5.75 Å². The number of piperazine rings is 1. The number of rotatable bonds is 5. The highest BCUT2D eigenvalue weighted by atomic mass is 19.1. The Morgan fingerprint density at radius 3 is 2.33 bits per heavy atom. The van der Waals surface area contributed by atoms with E-state index in [0.29, 0.717) is 38.2 Å². The summed E-state index contributed by atoms with van der Waals surface area (Å²) >= 11 is 0. The largest absolute Gasteiger partial charge is 0.490 e. The first-order chi connectivity index (χ1) is 18.5. The van der Waals surface area contributed by atoms with Crippen LogP contribution in [0.4, 0.5) is 19.7 Å². The Balaban J connectivity index is 1.24. The molecule has 2 fully saturated rings. The van der Waals surface area contributed by atoms with Crippen molar-refractivity contribution in [1.29, 1.82) is 0 Å². The van der Waals surface area contributed by atoms with E-state index in [1.165, 1.54) is 12.1 Å². The van der Waals surface area contributed by atoms with E-state index in [1.54, 1.807) is 24.1 Å². The number of carbonyl (C=O) groups excluding carboxylic acids is 2. The van der Waals surface area contributed by atoms with E-state index in [1.807, 2.05) is 42.7 Å². The van der Waals surface area contributed by atoms with Crippen LogP contribution in [0.5, 0.6) is 5.75 Å². The Morgan fingerprint density at radius 2 is 1.72 bits per heavy atom. The highest BCUT2D eigenvalue weighted by molar-refractivity contribution is 5.91.